The zero-order valence-corrected chi connectivity index (χ0v) is 17.0. The van der Waals surface area contributed by atoms with E-state index in [9.17, 15) is 14.4 Å². The molecule has 2 aromatic carbocycles. The van der Waals surface area contributed by atoms with E-state index in [2.05, 4.69) is 10.2 Å². The lowest BCUT2D eigenvalue weighted by molar-refractivity contribution is -0.117. The molecule has 1 saturated heterocycles. The lowest BCUT2D eigenvalue weighted by atomic mass is 10.1. The minimum atomic E-state index is -0.941. The Balaban J connectivity index is 1.45. The van der Waals surface area contributed by atoms with Crippen LogP contribution in [0.3, 0.4) is 0 Å². The number of esters is 1. The number of carbonyl (C=O) groups excluding carboxylic acids is 3. The number of ether oxygens (including phenoxy) is 2. The number of carbonyl (C=O) groups is 3. The fraction of sp³-hybridized carbons (Fsp3) is 0.348. The van der Waals surface area contributed by atoms with Crippen molar-refractivity contribution in [2.24, 2.45) is 0 Å². The molecular formula is C23H24N2O5. The van der Waals surface area contributed by atoms with Crippen molar-refractivity contribution in [2.45, 2.75) is 38.8 Å². The molecule has 2 aliphatic rings. The highest BCUT2D eigenvalue weighted by Crippen LogP contribution is 2.37. The number of Topliss-reactive ketones (excluding diaryl/α,β-unsaturated/α-hetero) is 1. The van der Waals surface area contributed by atoms with E-state index in [0.29, 0.717) is 23.6 Å². The van der Waals surface area contributed by atoms with Gasteiger partial charge >= 0.3 is 5.97 Å². The Morgan fingerprint density at radius 2 is 1.90 bits per heavy atom. The van der Waals surface area contributed by atoms with Gasteiger partial charge in [-0.25, -0.2) is 4.79 Å². The number of fused-ring (bicyclic) bond motifs is 3. The van der Waals surface area contributed by atoms with Gasteiger partial charge in [0, 0.05) is 12.1 Å². The van der Waals surface area contributed by atoms with Gasteiger partial charge in [-0.1, -0.05) is 0 Å². The molecule has 0 aromatic heterocycles. The lowest BCUT2D eigenvalue weighted by Gasteiger charge is -2.33. The first-order valence-electron chi connectivity index (χ1n) is 10.2. The van der Waals surface area contributed by atoms with Crippen molar-refractivity contribution in [3.8, 4) is 5.75 Å². The third-order valence-corrected chi connectivity index (χ3v) is 5.46. The summed E-state index contributed by atoms with van der Waals surface area (Å²) in [7, 11) is 0. The summed E-state index contributed by atoms with van der Waals surface area (Å²) in [6.07, 6.45) is 0.858. The normalized spacial score (nSPS) is 18.1. The van der Waals surface area contributed by atoms with E-state index in [0.717, 1.165) is 25.1 Å². The largest absolute Gasteiger partial charge is 0.494 e. The first kappa shape index (κ1) is 19.9. The molecule has 1 N–H and O–H groups in total. The Morgan fingerprint density at radius 3 is 2.63 bits per heavy atom. The van der Waals surface area contributed by atoms with Crippen molar-refractivity contribution in [3.63, 3.8) is 0 Å². The molecule has 7 nitrogen and oxygen atoms in total. The smallest absolute Gasteiger partial charge is 0.338 e. The number of nitrogens with one attached hydrogen (secondary N) is 1. The number of nitrogens with zero attached hydrogens (tertiary/aromatic N) is 1. The van der Waals surface area contributed by atoms with Crippen LogP contribution >= 0.6 is 0 Å². The van der Waals surface area contributed by atoms with Gasteiger partial charge in [0.2, 0.25) is 11.7 Å². The molecule has 0 unspecified atom stereocenters. The number of rotatable bonds is 6. The van der Waals surface area contributed by atoms with Gasteiger partial charge in [0.1, 0.15) is 11.8 Å². The van der Waals surface area contributed by atoms with Crippen LogP contribution in [0.2, 0.25) is 0 Å². The van der Waals surface area contributed by atoms with Crippen LogP contribution < -0.4 is 15.0 Å². The minimum absolute atomic E-state index is 0.0513. The average molecular weight is 408 g/mol. The van der Waals surface area contributed by atoms with Crippen molar-refractivity contribution >= 4 is 29.0 Å². The number of amides is 1. The molecule has 4 rings (SSSR count). The van der Waals surface area contributed by atoms with Crippen molar-refractivity contribution in [3.05, 3.63) is 53.6 Å². The average Bonchev–Trinajstić information content (AvgIpc) is 3.24. The summed E-state index contributed by atoms with van der Waals surface area (Å²) < 4.78 is 10.8. The molecule has 30 heavy (non-hydrogen) atoms. The molecule has 1 fully saturated rings. The summed E-state index contributed by atoms with van der Waals surface area (Å²) in [6.45, 7) is 4.80. The Morgan fingerprint density at radius 1 is 1.17 bits per heavy atom. The first-order chi connectivity index (χ1) is 14.5. The third-order valence-electron chi connectivity index (χ3n) is 5.46. The van der Waals surface area contributed by atoms with Crippen molar-refractivity contribution in [2.75, 3.05) is 23.4 Å². The van der Waals surface area contributed by atoms with E-state index in [4.69, 9.17) is 9.47 Å². The maximum absolute atomic E-state index is 12.6. The van der Waals surface area contributed by atoms with E-state index in [1.165, 1.54) is 0 Å². The van der Waals surface area contributed by atoms with Crippen molar-refractivity contribution in [1.82, 2.24) is 0 Å². The molecule has 7 heteroatoms. The highest BCUT2D eigenvalue weighted by Gasteiger charge is 2.36. The maximum atomic E-state index is 12.6. The summed E-state index contributed by atoms with van der Waals surface area (Å²) in [6, 6.07) is 11.7. The standard InChI is InChI=1S/C23H24N2O5/c1-3-29-17-9-6-15(7-10-17)21(26)14(2)30-23(28)16-8-11-19-18(13-16)24-22(27)20-5-4-12-25(19)20/h6-11,13-14,20H,3-5,12H2,1-2H3,(H,24,27)/t14-,20-/m1/s1. The quantitative estimate of drug-likeness (QED) is 0.582. The van der Waals surface area contributed by atoms with Crippen LogP contribution in [0.4, 0.5) is 11.4 Å². The number of anilines is 2. The van der Waals surface area contributed by atoms with E-state index in [1.807, 2.05) is 13.0 Å². The van der Waals surface area contributed by atoms with Gasteiger partial charge in [-0.05, 0) is 69.2 Å². The molecule has 0 spiro atoms. The molecule has 2 aliphatic heterocycles. The lowest BCUT2D eigenvalue weighted by Crippen LogP contribution is -2.43. The van der Waals surface area contributed by atoms with Crippen molar-refractivity contribution in [1.29, 1.82) is 0 Å². The number of ketones is 1. The molecule has 2 atom stereocenters. The van der Waals surface area contributed by atoms with E-state index in [-0.39, 0.29) is 23.3 Å². The second kappa shape index (κ2) is 8.18. The molecule has 1 amide bonds. The Labute approximate surface area is 175 Å². The van der Waals surface area contributed by atoms with Crippen LogP contribution in [0.5, 0.6) is 5.75 Å². The topological polar surface area (TPSA) is 84.9 Å². The molecule has 0 bridgehead atoms. The van der Waals surface area contributed by atoms with E-state index < -0.39 is 12.1 Å². The highest BCUT2D eigenvalue weighted by molar-refractivity contribution is 6.06. The van der Waals surface area contributed by atoms with Crippen LogP contribution in [0.25, 0.3) is 0 Å². The fourth-order valence-electron chi connectivity index (χ4n) is 3.96. The summed E-state index contributed by atoms with van der Waals surface area (Å²) in [4.78, 5) is 39.6. The molecule has 2 heterocycles. The number of hydrogen-bond acceptors (Lipinski definition) is 6. The monoisotopic (exact) mass is 408 g/mol. The van der Waals surface area contributed by atoms with Crippen LogP contribution in [-0.4, -0.2) is 43.0 Å². The van der Waals surface area contributed by atoms with Gasteiger partial charge in [0.05, 0.1) is 23.5 Å². The summed E-state index contributed by atoms with van der Waals surface area (Å²) in [5.74, 6) is -0.278. The fourth-order valence-corrected chi connectivity index (χ4v) is 3.96. The predicted octanol–water partition coefficient (Wildman–Crippen LogP) is 3.43. The van der Waals surface area contributed by atoms with Crippen LogP contribution in [-0.2, 0) is 9.53 Å². The molecular weight excluding hydrogens is 384 g/mol. The number of hydrogen-bond donors (Lipinski definition) is 1. The Kier molecular flexibility index (Phi) is 5.44. The first-order valence-corrected chi connectivity index (χ1v) is 10.2. The maximum Gasteiger partial charge on any atom is 0.338 e. The Bertz CT molecular complexity index is 986. The second-order valence-corrected chi connectivity index (χ2v) is 7.44. The van der Waals surface area contributed by atoms with Crippen LogP contribution in [0.1, 0.15) is 47.4 Å². The molecule has 156 valence electrons. The van der Waals surface area contributed by atoms with Gasteiger partial charge in [-0.15, -0.1) is 0 Å². The zero-order chi connectivity index (χ0) is 21.3. The third kappa shape index (κ3) is 3.75. The summed E-state index contributed by atoms with van der Waals surface area (Å²) in [5, 5.41) is 2.88. The van der Waals surface area contributed by atoms with Gasteiger partial charge in [0.25, 0.3) is 0 Å². The molecule has 0 radical (unpaired) electrons. The van der Waals surface area contributed by atoms with Gasteiger partial charge < -0.3 is 19.7 Å². The summed E-state index contributed by atoms with van der Waals surface area (Å²) in [5.41, 5.74) is 2.24. The minimum Gasteiger partial charge on any atom is -0.494 e. The highest BCUT2D eigenvalue weighted by atomic mass is 16.5. The summed E-state index contributed by atoms with van der Waals surface area (Å²) >= 11 is 0. The van der Waals surface area contributed by atoms with Crippen LogP contribution in [0.15, 0.2) is 42.5 Å². The van der Waals surface area contributed by atoms with Gasteiger partial charge in [0.15, 0.2) is 6.10 Å². The predicted molar refractivity (Wildman–Crippen MR) is 112 cm³/mol. The Hall–Kier alpha value is -3.35. The van der Waals surface area contributed by atoms with Crippen molar-refractivity contribution < 1.29 is 23.9 Å². The van der Waals surface area contributed by atoms with Gasteiger partial charge in [-0.2, -0.15) is 0 Å². The SMILES string of the molecule is CCOc1ccc(C(=O)[C@@H](C)OC(=O)c2ccc3c(c2)NC(=O)[C@H]2CCCN32)cc1. The van der Waals surface area contributed by atoms with E-state index >= 15 is 0 Å². The van der Waals surface area contributed by atoms with Gasteiger partial charge in [-0.3, -0.25) is 9.59 Å². The second-order valence-electron chi connectivity index (χ2n) is 7.44. The molecule has 0 aliphatic carbocycles. The number of benzene rings is 2. The van der Waals surface area contributed by atoms with E-state index in [1.54, 1.807) is 43.3 Å². The zero-order valence-electron chi connectivity index (χ0n) is 17.0. The van der Waals surface area contributed by atoms with Crippen LogP contribution in [0, 0.1) is 0 Å². The molecule has 2 aromatic rings. The molecule has 0 saturated carbocycles.